The van der Waals surface area contributed by atoms with Crippen molar-refractivity contribution in [2.45, 2.75) is 45.1 Å². The van der Waals surface area contributed by atoms with Crippen LogP contribution in [0.25, 0.3) is 0 Å². The molecule has 2 atom stereocenters. The monoisotopic (exact) mass is 338 g/mol. The largest absolute Gasteiger partial charge is 0.350 e. The zero-order valence-electron chi connectivity index (χ0n) is 14.2. The van der Waals surface area contributed by atoms with Gasteiger partial charge in [-0.25, -0.2) is 8.42 Å². The molecule has 1 saturated heterocycles. The Hall–Kier alpha value is -1.40. The summed E-state index contributed by atoms with van der Waals surface area (Å²) in [5.41, 5.74) is 0.373. The lowest BCUT2D eigenvalue weighted by molar-refractivity contribution is 0.0943. The molecule has 1 aromatic carbocycles. The molecule has 128 valence electrons. The Bertz CT molecular complexity index is 660. The number of hydrogen-bond acceptors (Lipinski definition) is 3. The topological polar surface area (TPSA) is 66.5 Å². The fraction of sp³-hybridized carbons (Fsp3) is 0.588. The second-order valence-corrected chi connectivity index (χ2v) is 8.86. The van der Waals surface area contributed by atoms with Crippen LogP contribution in [0.1, 0.15) is 44.5 Å². The average molecular weight is 338 g/mol. The first kappa shape index (κ1) is 17.9. The molecule has 6 heteroatoms. The molecule has 2 unspecified atom stereocenters. The van der Waals surface area contributed by atoms with E-state index in [-0.39, 0.29) is 16.8 Å². The zero-order chi connectivity index (χ0) is 17.2. The third kappa shape index (κ3) is 4.32. The van der Waals surface area contributed by atoms with Gasteiger partial charge in [0, 0.05) is 24.7 Å². The van der Waals surface area contributed by atoms with Crippen LogP contribution < -0.4 is 5.32 Å². The highest BCUT2D eigenvalue weighted by atomic mass is 32.2. The van der Waals surface area contributed by atoms with Crippen molar-refractivity contribution in [3.63, 3.8) is 0 Å². The van der Waals surface area contributed by atoms with Crippen LogP contribution in [-0.2, 0) is 10.0 Å². The first-order valence-electron chi connectivity index (χ1n) is 8.11. The Morgan fingerprint density at radius 3 is 2.39 bits per heavy atom. The molecule has 1 heterocycles. The molecule has 5 nitrogen and oxygen atoms in total. The fourth-order valence-electron chi connectivity index (χ4n) is 3.09. The van der Waals surface area contributed by atoms with E-state index in [1.807, 2.05) is 13.8 Å². The van der Waals surface area contributed by atoms with Gasteiger partial charge in [0.25, 0.3) is 5.91 Å². The molecule has 1 aromatic rings. The van der Waals surface area contributed by atoms with E-state index >= 15 is 0 Å². The number of rotatable bonds is 4. The second kappa shape index (κ2) is 7.01. The number of amides is 1. The number of nitrogens with zero attached hydrogens (tertiary/aromatic N) is 1. The SMILES string of the molecule is CC1CC(C)CN(S(=O)(=O)c2cccc(C(=O)NC(C)C)c2)C1. The van der Waals surface area contributed by atoms with Gasteiger partial charge in [-0.2, -0.15) is 4.31 Å². The molecule has 2 rings (SSSR count). The minimum Gasteiger partial charge on any atom is -0.350 e. The minimum atomic E-state index is -3.56. The number of nitrogens with one attached hydrogen (secondary N) is 1. The number of benzene rings is 1. The Morgan fingerprint density at radius 1 is 1.22 bits per heavy atom. The zero-order valence-corrected chi connectivity index (χ0v) is 15.1. The first-order valence-corrected chi connectivity index (χ1v) is 9.55. The summed E-state index contributed by atoms with van der Waals surface area (Å²) in [6.07, 6.45) is 1.04. The van der Waals surface area contributed by atoms with Crippen LogP contribution in [0, 0.1) is 11.8 Å². The Morgan fingerprint density at radius 2 is 1.83 bits per heavy atom. The molecule has 0 spiro atoms. The van der Waals surface area contributed by atoms with Crippen molar-refractivity contribution in [1.29, 1.82) is 0 Å². The third-order valence-electron chi connectivity index (χ3n) is 3.99. The van der Waals surface area contributed by atoms with Gasteiger partial charge >= 0.3 is 0 Å². The summed E-state index contributed by atoms with van der Waals surface area (Å²) >= 11 is 0. The van der Waals surface area contributed by atoms with E-state index in [0.717, 1.165) is 6.42 Å². The third-order valence-corrected chi connectivity index (χ3v) is 5.82. The Balaban J connectivity index is 2.28. The quantitative estimate of drug-likeness (QED) is 0.917. The van der Waals surface area contributed by atoms with Crippen LogP contribution in [0.4, 0.5) is 0 Å². The number of piperidine rings is 1. The van der Waals surface area contributed by atoms with Crippen LogP contribution in [0.15, 0.2) is 29.2 Å². The lowest BCUT2D eigenvalue weighted by Gasteiger charge is -2.34. The first-order chi connectivity index (χ1) is 10.7. The summed E-state index contributed by atoms with van der Waals surface area (Å²) in [5.74, 6) is 0.444. The van der Waals surface area contributed by atoms with Gasteiger partial charge in [-0.05, 0) is 50.3 Å². The van der Waals surface area contributed by atoms with Crippen molar-refractivity contribution in [2.24, 2.45) is 11.8 Å². The maximum atomic E-state index is 12.9. The van der Waals surface area contributed by atoms with Crippen LogP contribution in [-0.4, -0.2) is 37.8 Å². The van der Waals surface area contributed by atoms with Gasteiger partial charge < -0.3 is 5.32 Å². The molecule has 23 heavy (non-hydrogen) atoms. The van der Waals surface area contributed by atoms with Gasteiger partial charge in [0.1, 0.15) is 0 Å². The van der Waals surface area contributed by atoms with Crippen molar-refractivity contribution >= 4 is 15.9 Å². The lowest BCUT2D eigenvalue weighted by atomic mass is 9.94. The van der Waals surface area contributed by atoms with Crippen molar-refractivity contribution in [1.82, 2.24) is 9.62 Å². The molecule has 0 saturated carbocycles. The maximum Gasteiger partial charge on any atom is 0.251 e. The second-order valence-electron chi connectivity index (χ2n) is 6.92. The van der Waals surface area contributed by atoms with Crippen LogP contribution in [0.5, 0.6) is 0 Å². The minimum absolute atomic E-state index is 0.00607. The normalized spacial score (nSPS) is 23.0. The van der Waals surface area contributed by atoms with Crippen LogP contribution in [0.3, 0.4) is 0 Å². The van der Waals surface area contributed by atoms with Crippen molar-refractivity contribution < 1.29 is 13.2 Å². The van der Waals surface area contributed by atoms with Crippen molar-refractivity contribution in [3.8, 4) is 0 Å². The summed E-state index contributed by atoms with van der Waals surface area (Å²) in [4.78, 5) is 12.3. The standard InChI is InChI=1S/C17H26N2O3S/c1-12(2)18-17(20)15-6-5-7-16(9-15)23(21,22)19-10-13(3)8-14(4)11-19/h5-7,9,12-14H,8,10-11H2,1-4H3,(H,18,20). The van der Waals surface area contributed by atoms with Gasteiger partial charge in [0.2, 0.25) is 10.0 Å². The molecule has 1 aliphatic rings. The number of carbonyl (C=O) groups excluding carboxylic acids is 1. The summed E-state index contributed by atoms with van der Waals surface area (Å²) in [6.45, 7) is 8.96. The summed E-state index contributed by atoms with van der Waals surface area (Å²) in [6, 6.07) is 6.30. The highest BCUT2D eigenvalue weighted by Gasteiger charge is 2.31. The molecule has 0 aromatic heterocycles. The van der Waals surface area contributed by atoms with Gasteiger partial charge in [0.15, 0.2) is 0 Å². The van der Waals surface area contributed by atoms with E-state index in [9.17, 15) is 13.2 Å². The van der Waals surface area contributed by atoms with E-state index < -0.39 is 10.0 Å². The van der Waals surface area contributed by atoms with Crippen LogP contribution >= 0.6 is 0 Å². The van der Waals surface area contributed by atoms with Crippen molar-refractivity contribution in [3.05, 3.63) is 29.8 Å². The molecule has 1 aliphatic heterocycles. The van der Waals surface area contributed by atoms with E-state index in [1.165, 1.54) is 6.07 Å². The number of sulfonamides is 1. The van der Waals surface area contributed by atoms with E-state index in [2.05, 4.69) is 19.2 Å². The highest BCUT2D eigenvalue weighted by molar-refractivity contribution is 7.89. The van der Waals surface area contributed by atoms with Gasteiger partial charge in [-0.1, -0.05) is 19.9 Å². The van der Waals surface area contributed by atoms with Gasteiger partial charge in [-0.3, -0.25) is 4.79 Å². The van der Waals surface area contributed by atoms with Gasteiger partial charge in [0.05, 0.1) is 4.90 Å². The number of carbonyl (C=O) groups is 1. The number of hydrogen-bond donors (Lipinski definition) is 1. The molecule has 1 amide bonds. The molecular formula is C17H26N2O3S. The molecular weight excluding hydrogens is 312 g/mol. The molecule has 0 aliphatic carbocycles. The van der Waals surface area contributed by atoms with E-state index in [4.69, 9.17) is 0 Å². The molecule has 1 N–H and O–H groups in total. The predicted octanol–water partition coefficient (Wildman–Crippen LogP) is 2.49. The average Bonchev–Trinajstić information content (AvgIpc) is 2.45. The fourth-order valence-corrected chi connectivity index (χ4v) is 4.82. The lowest BCUT2D eigenvalue weighted by Crippen LogP contribution is -2.42. The maximum absolute atomic E-state index is 12.9. The highest BCUT2D eigenvalue weighted by Crippen LogP contribution is 2.27. The summed E-state index contributed by atoms with van der Waals surface area (Å²) in [5, 5.41) is 2.78. The Kier molecular flexibility index (Phi) is 5.47. The summed E-state index contributed by atoms with van der Waals surface area (Å²) in [7, 11) is -3.56. The smallest absolute Gasteiger partial charge is 0.251 e. The van der Waals surface area contributed by atoms with E-state index in [1.54, 1.807) is 22.5 Å². The predicted molar refractivity (Wildman–Crippen MR) is 90.7 cm³/mol. The molecule has 0 bridgehead atoms. The van der Waals surface area contributed by atoms with E-state index in [0.29, 0.717) is 30.5 Å². The summed E-state index contributed by atoms with van der Waals surface area (Å²) < 4.78 is 27.3. The molecule has 1 fully saturated rings. The van der Waals surface area contributed by atoms with Crippen LogP contribution in [0.2, 0.25) is 0 Å². The van der Waals surface area contributed by atoms with Crippen molar-refractivity contribution in [2.75, 3.05) is 13.1 Å². The molecule has 0 radical (unpaired) electrons. The Labute approximate surface area is 139 Å². The van der Waals surface area contributed by atoms with Gasteiger partial charge in [-0.15, -0.1) is 0 Å².